The molecule has 2 nitrogen and oxygen atoms in total. The van der Waals surface area contributed by atoms with Crippen molar-refractivity contribution >= 4 is 0 Å². The molecule has 0 aromatic carbocycles. The average molecular weight is 154 g/mol. The molecule has 2 heteroatoms. The first-order valence-corrected chi connectivity index (χ1v) is 4.06. The molecule has 0 amide bonds. The number of terminal acetylenes is 1. The maximum Gasteiger partial charge on any atom is 0.0599 e. The van der Waals surface area contributed by atoms with E-state index in [2.05, 4.69) is 30.0 Å². The molecule has 0 aliphatic heterocycles. The van der Waals surface area contributed by atoms with Crippen molar-refractivity contribution in [1.29, 1.82) is 0 Å². The summed E-state index contributed by atoms with van der Waals surface area (Å²) < 4.78 is 0. The number of nitrogens with zero attached hydrogens (tertiary/aromatic N) is 1. The van der Waals surface area contributed by atoms with Gasteiger partial charge in [-0.05, 0) is 20.5 Å². The van der Waals surface area contributed by atoms with Gasteiger partial charge in [0.05, 0.1) is 6.54 Å². The highest BCUT2D eigenvalue weighted by molar-refractivity contribution is 4.88. The highest BCUT2D eigenvalue weighted by Gasteiger charge is 2.05. The third-order valence-corrected chi connectivity index (χ3v) is 1.78. The van der Waals surface area contributed by atoms with Crippen LogP contribution in [0.1, 0.15) is 13.8 Å². The van der Waals surface area contributed by atoms with Crippen molar-refractivity contribution in [3.63, 3.8) is 0 Å². The van der Waals surface area contributed by atoms with Gasteiger partial charge in [0.25, 0.3) is 0 Å². The number of likely N-dealkylation sites (N-methyl/N-ethyl adjacent to an activating group) is 2. The van der Waals surface area contributed by atoms with Crippen molar-refractivity contribution in [2.24, 2.45) is 0 Å². The van der Waals surface area contributed by atoms with Crippen molar-refractivity contribution in [3.05, 3.63) is 0 Å². The Morgan fingerprint density at radius 2 is 2.27 bits per heavy atom. The minimum absolute atomic E-state index is 0.519. The molecule has 0 heterocycles. The van der Waals surface area contributed by atoms with E-state index in [4.69, 9.17) is 6.42 Å². The molecule has 0 spiro atoms. The highest BCUT2D eigenvalue weighted by Crippen LogP contribution is 1.91. The maximum atomic E-state index is 5.18. The lowest BCUT2D eigenvalue weighted by Gasteiger charge is -2.22. The summed E-state index contributed by atoms with van der Waals surface area (Å²) in [5, 5.41) is 3.28. The van der Waals surface area contributed by atoms with Gasteiger partial charge < -0.3 is 5.32 Å². The Bertz CT molecular complexity index is 126. The van der Waals surface area contributed by atoms with Gasteiger partial charge in [0.1, 0.15) is 0 Å². The Balaban J connectivity index is 3.48. The molecule has 0 saturated carbocycles. The molecule has 0 radical (unpaired) electrons. The van der Waals surface area contributed by atoms with E-state index in [0.717, 1.165) is 19.6 Å². The molecule has 0 aromatic heterocycles. The van der Waals surface area contributed by atoms with Crippen molar-refractivity contribution in [3.8, 4) is 12.3 Å². The first-order chi connectivity index (χ1) is 5.22. The van der Waals surface area contributed by atoms with Gasteiger partial charge in [0.15, 0.2) is 0 Å². The average Bonchev–Trinajstić information content (AvgIpc) is 2.00. The number of hydrogen-bond acceptors (Lipinski definition) is 2. The van der Waals surface area contributed by atoms with Crippen molar-refractivity contribution < 1.29 is 0 Å². The Morgan fingerprint density at radius 1 is 1.64 bits per heavy atom. The van der Waals surface area contributed by atoms with Crippen LogP contribution in [-0.4, -0.2) is 37.6 Å². The summed E-state index contributed by atoms with van der Waals surface area (Å²) in [4.78, 5) is 2.16. The molecule has 0 aliphatic carbocycles. The fourth-order valence-electron chi connectivity index (χ4n) is 0.809. The zero-order valence-electron chi connectivity index (χ0n) is 7.72. The number of rotatable bonds is 5. The first kappa shape index (κ1) is 10.5. The summed E-state index contributed by atoms with van der Waals surface area (Å²) in [6.07, 6.45) is 5.18. The van der Waals surface area contributed by atoms with Crippen LogP contribution in [0.25, 0.3) is 0 Å². The quantitative estimate of drug-likeness (QED) is 0.582. The molecule has 1 unspecified atom stereocenters. The summed E-state index contributed by atoms with van der Waals surface area (Å²) in [6.45, 7) is 7.03. The van der Waals surface area contributed by atoms with Gasteiger partial charge in [-0.1, -0.05) is 12.8 Å². The number of nitrogens with one attached hydrogen (secondary N) is 1. The zero-order valence-corrected chi connectivity index (χ0v) is 7.72. The molecule has 0 bridgehead atoms. The predicted octanol–water partition coefficient (Wildman–Crippen LogP) is 0.549. The van der Waals surface area contributed by atoms with Gasteiger partial charge in [-0.3, -0.25) is 4.90 Å². The lowest BCUT2D eigenvalue weighted by molar-refractivity contribution is 0.281. The largest absolute Gasteiger partial charge is 0.315 e. The van der Waals surface area contributed by atoms with Gasteiger partial charge in [0.2, 0.25) is 0 Å². The SMILES string of the molecule is C#CCN(C)C(C)CNCC. The van der Waals surface area contributed by atoms with Crippen LogP contribution >= 0.6 is 0 Å². The Kier molecular flexibility index (Phi) is 5.91. The molecular formula is C9H18N2. The summed E-state index contributed by atoms with van der Waals surface area (Å²) in [5.41, 5.74) is 0. The highest BCUT2D eigenvalue weighted by atomic mass is 15.1. The molecule has 11 heavy (non-hydrogen) atoms. The van der Waals surface area contributed by atoms with E-state index in [-0.39, 0.29) is 0 Å². The third-order valence-electron chi connectivity index (χ3n) is 1.78. The van der Waals surface area contributed by atoms with Crippen LogP contribution in [0.15, 0.2) is 0 Å². The van der Waals surface area contributed by atoms with E-state index in [0.29, 0.717) is 6.04 Å². The molecule has 0 saturated heterocycles. The van der Waals surface area contributed by atoms with E-state index in [9.17, 15) is 0 Å². The lowest BCUT2D eigenvalue weighted by atomic mass is 10.3. The van der Waals surface area contributed by atoms with Gasteiger partial charge >= 0.3 is 0 Å². The summed E-state index contributed by atoms with van der Waals surface area (Å²) >= 11 is 0. The zero-order chi connectivity index (χ0) is 8.69. The van der Waals surface area contributed by atoms with E-state index in [1.54, 1.807) is 0 Å². The summed E-state index contributed by atoms with van der Waals surface area (Å²) in [7, 11) is 2.04. The van der Waals surface area contributed by atoms with Crippen LogP contribution in [-0.2, 0) is 0 Å². The van der Waals surface area contributed by atoms with Crippen LogP contribution in [0.2, 0.25) is 0 Å². The molecule has 0 fully saturated rings. The Morgan fingerprint density at radius 3 is 2.73 bits per heavy atom. The van der Waals surface area contributed by atoms with Crippen LogP contribution in [0.4, 0.5) is 0 Å². The predicted molar refractivity (Wildman–Crippen MR) is 49.5 cm³/mol. The second kappa shape index (κ2) is 6.21. The second-order valence-corrected chi connectivity index (χ2v) is 2.78. The van der Waals surface area contributed by atoms with E-state index in [1.807, 2.05) is 7.05 Å². The van der Waals surface area contributed by atoms with Crippen LogP contribution in [0.5, 0.6) is 0 Å². The molecule has 0 rings (SSSR count). The van der Waals surface area contributed by atoms with E-state index in [1.165, 1.54) is 0 Å². The molecule has 1 N–H and O–H groups in total. The molecular weight excluding hydrogens is 136 g/mol. The topological polar surface area (TPSA) is 15.3 Å². The smallest absolute Gasteiger partial charge is 0.0599 e. The van der Waals surface area contributed by atoms with E-state index >= 15 is 0 Å². The van der Waals surface area contributed by atoms with Crippen LogP contribution in [0, 0.1) is 12.3 Å². The fraction of sp³-hybridized carbons (Fsp3) is 0.778. The standard InChI is InChI=1S/C9H18N2/c1-5-7-11(4)9(3)8-10-6-2/h1,9-10H,6-8H2,2-4H3. The van der Waals surface area contributed by atoms with Gasteiger partial charge in [-0.15, -0.1) is 6.42 Å². The van der Waals surface area contributed by atoms with Crippen molar-refractivity contribution in [2.75, 3.05) is 26.7 Å². The minimum Gasteiger partial charge on any atom is -0.315 e. The monoisotopic (exact) mass is 154 g/mol. The summed E-state index contributed by atoms with van der Waals surface area (Å²) in [5.74, 6) is 2.62. The minimum atomic E-state index is 0.519. The van der Waals surface area contributed by atoms with Crippen LogP contribution in [0.3, 0.4) is 0 Å². The second-order valence-electron chi connectivity index (χ2n) is 2.78. The van der Waals surface area contributed by atoms with Gasteiger partial charge in [0, 0.05) is 12.6 Å². The lowest BCUT2D eigenvalue weighted by Crippen LogP contribution is -2.37. The fourth-order valence-corrected chi connectivity index (χ4v) is 0.809. The van der Waals surface area contributed by atoms with Gasteiger partial charge in [-0.25, -0.2) is 0 Å². The third kappa shape index (κ3) is 4.83. The Labute approximate surface area is 70.0 Å². The molecule has 0 aliphatic rings. The number of hydrogen-bond donors (Lipinski definition) is 1. The first-order valence-electron chi connectivity index (χ1n) is 4.06. The molecule has 0 aromatic rings. The summed E-state index contributed by atoms with van der Waals surface area (Å²) in [6, 6.07) is 0.519. The maximum absolute atomic E-state index is 5.18. The van der Waals surface area contributed by atoms with Crippen molar-refractivity contribution in [2.45, 2.75) is 19.9 Å². The molecule has 64 valence electrons. The molecule has 1 atom stereocenters. The van der Waals surface area contributed by atoms with Gasteiger partial charge in [-0.2, -0.15) is 0 Å². The van der Waals surface area contributed by atoms with Crippen LogP contribution < -0.4 is 5.32 Å². The Hall–Kier alpha value is -0.520. The van der Waals surface area contributed by atoms with Crippen molar-refractivity contribution in [1.82, 2.24) is 10.2 Å². The normalized spacial score (nSPS) is 13.0. The van der Waals surface area contributed by atoms with E-state index < -0.39 is 0 Å².